The number of nitrogens with zero attached hydrogens (tertiary/aromatic N) is 10. The van der Waals surface area contributed by atoms with Gasteiger partial charge in [-0.05, 0) is 149 Å². The van der Waals surface area contributed by atoms with E-state index in [0.29, 0.717) is 173 Å². The molecule has 4 aliphatic heterocycles. The molecule has 4 aromatic heterocycles. The number of hydrogen-bond acceptors (Lipinski definition) is 22. The van der Waals surface area contributed by atoms with Crippen molar-refractivity contribution in [2.75, 3.05) is 67.1 Å². The minimum Gasteiger partial charge on any atom is -0.654 e. The topological polar surface area (TPSA) is 371 Å². The molecule has 8 heterocycles. The van der Waals surface area contributed by atoms with E-state index in [1.165, 1.54) is 14.2 Å². The van der Waals surface area contributed by atoms with E-state index in [1.807, 2.05) is 26.0 Å². The van der Waals surface area contributed by atoms with Crippen molar-refractivity contribution in [2.24, 2.45) is 0 Å². The third-order valence-electron chi connectivity index (χ3n) is 18.1. The third-order valence-corrected chi connectivity index (χ3v) is 18.1. The molecule has 0 saturated heterocycles. The number of methoxy groups -OCH3 is 2. The minimum absolute atomic E-state index is 0. The van der Waals surface area contributed by atoms with Gasteiger partial charge in [0.25, 0.3) is 0 Å². The van der Waals surface area contributed by atoms with Crippen LogP contribution in [-0.4, -0.2) is 158 Å². The van der Waals surface area contributed by atoms with E-state index in [2.05, 4.69) is 37.7 Å². The first-order valence-electron chi connectivity index (χ1n) is 34.2. The van der Waals surface area contributed by atoms with Crippen LogP contribution in [0.4, 0.5) is 0 Å². The molecular formula is C76H92Ac4Gd2N10O14-2. The monoisotopic (exact) mass is 2590 g/mol. The van der Waals surface area contributed by atoms with Crippen LogP contribution in [-0.2, 0) is 12.8 Å². The maximum absolute atomic E-state index is 11.9. The van der Waals surface area contributed by atoms with Crippen molar-refractivity contribution in [2.45, 2.75) is 145 Å². The second-order valence-electron chi connectivity index (χ2n) is 24.3. The first kappa shape index (κ1) is 99.1. The van der Waals surface area contributed by atoms with Gasteiger partial charge >= 0.3 is 0 Å². The summed E-state index contributed by atoms with van der Waals surface area (Å²) in [7, 11) is 3.02. The fourth-order valence-corrected chi connectivity index (χ4v) is 12.9. The zero-order chi connectivity index (χ0) is 71.9. The minimum atomic E-state index is -0.403. The maximum Gasteiger partial charge on any atom is 0.238 e. The number of aryl methyl sites for hydroxylation is 4. The molecule has 4 radical (unpaired) electrons. The van der Waals surface area contributed by atoms with Gasteiger partial charge in [0.15, 0.2) is 23.0 Å². The van der Waals surface area contributed by atoms with Gasteiger partial charge in [0, 0.05) is 333 Å². The normalized spacial score (nSPS) is 12.2. The van der Waals surface area contributed by atoms with Crippen LogP contribution in [0.15, 0.2) is 48.8 Å². The van der Waals surface area contributed by atoms with Crippen LogP contribution < -0.4 is 28.9 Å². The van der Waals surface area contributed by atoms with E-state index in [9.17, 15) is 51.1 Å². The second-order valence-corrected chi connectivity index (χ2v) is 24.3. The maximum atomic E-state index is 11.9. The summed E-state index contributed by atoms with van der Waals surface area (Å²) in [5.74, 6) is 0.405. The van der Waals surface area contributed by atoms with Gasteiger partial charge in [-0.25, -0.2) is 29.9 Å². The van der Waals surface area contributed by atoms with Crippen LogP contribution in [0.5, 0.6) is 46.3 Å². The molecule has 12 bridgehead atoms. The zero-order valence-corrected chi connectivity index (χ0v) is 85.3. The van der Waals surface area contributed by atoms with Crippen molar-refractivity contribution in [3.05, 3.63) is 117 Å². The molecule has 0 spiro atoms. The van der Waals surface area contributed by atoms with Crippen molar-refractivity contribution < 1.29 is 326 Å². The second kappa shape index (κ2) is 48.3. The van der Waals surface area contributed by atoms with Crippen molar-refractivity contribution in [1.29, 1.82) is 0 Å². The average Bonchev–Trinajstić information content (AvgIpc) is 1.61. The predicted octanol–water partition coefficient (Wildman–Crippen LogP) is 11.6. The molecule has 0 aliphatic carbocycles. The van der Waals surface area contributed by atoms with Crippen molar-refractivity contribution in [3.8, 4) is 46.3 Å². The Labute approximate surface area is 825 Å². The molecule has 0 atom stereocenters. The number of aromatic nitrogens is 10. The summed E-state index contributed by atoms with van der Waals surface area (Å²) in [6.45, 7) is 15.9. The van der Waals surface area contributed by atoms with Crippen LogP contribution >= 0.6 is 0 Å². The van der Waals surface area contributed by atoms with E-state index in [1.54, 1.807) is 50.5 Å². The Morgan fingerprint density at radius 2 is 0.689 bits per heavy atom. The standard InChI is InChI=1S/2C38H46N5O7.4Ac.2Gd/c1-6-23-24(7-2)31-20-39-29-18-33(50-16-10-15-46)32(49-5)19-30(29)42-38(48)35-22(4)26(12-9-14-45)36(43-35)37(47)34-21(3)25(11-8-13-44)28(41-34)17-27(23)40-31;1-6-23-24(7-2)31-20-39-29-18-32(49-5)33(50-16-10-15-46)19-30(29)42-38(48)35-22(4)26(12-9-14-45)36(43-35)37(47)34-21(3)25(11-8-13-44)28(41-34)17-27(23)40-31;;;;;;/h2*17-20,44-46H,6-16H2,1-5H3,(H2-,39,40,41,42,43,47,48);;;;;;/q2*-1;;;;;;. The van der Waals surface area contributed by atoms with Gasteiger partial charge in [0.2, 0.25) is 11.8 Å². The van der Waals surface area contributed by atoms with Gasteiger partial charge in [0.05, 0.1) is 84.7 Å². The summed E-state index contributed by atoms with van der Waals surface area (Å²) < 4.78 is 23.0. The molecule has 0 unspecified atom stereocenters. The number of aliphatic hydroxyl groups excluding tert-OH is 6. The Balaban J connectivity index is 0.000000521. The van der Waals surface area contributed by atoms with E-state index in [4.69, 9.17) is 58.8 Å². The van der Waals surface area contributed by atoms with Crippen molar-refractivity contribution in [3.63, 3.8) is 0 Å². The predicted molar refractivity (Wildman–Crippen MR) is 387 cm³/mol. The number of aliphatic hydroxyl groups is 6. The summed E-state index contributed by atoms with van der Waals surface area (Å²) in [4.78, 5) is 48.1. The fraction of sp³-hybridized carbons (Fsp3) is 0.421. The van der Waals surface area contributed by atoms with Crippen molar-refractivity contribution in [1.82, 2.24) is 49.8 Å². The first-order valence-corrected chi connectivity index (χ1v) is 34.2. The first-order chi connectivity index (χ1) is 48.4. The number of benzene rings is 2. The molecule has 6 aromatic rings. The summed E-state index contributed by atoms with van der Waals surface area (Å²) in [6.07, 6.45) is 10.8. The number of aromatic hydroxyl groups is 4. The quantitative estimate of drug-likeness (QED) is 0.0226. The van der Waals surface area contributed by atoms with Crippen LogP contribution in [0, 0.1) is 270 Å². The van der Waals surface area contributed by atoms with E-state index in [-0.39, 0.29) is 354 Å². The molecular weight excluding hydrogens is 2500 g/mol. The number of ether oxygens (including phenoxy) is 4. The van der Waals surface area contributed by atoms with E-state index in [0.717, 1.165) is 62.4 Å². The summed E-state index contributed by atoms with van der Waals surface area (Å²) in [6, 6.07) is 10.4. The smallest absolute Gasteiger partial charge is 0.238 e. The van der Waals surface area contributed by atoms with Gasteiger partial charge in [-0.1, -0.05) is 73.1 Å². The van der Waals surface area contributed by atoms with Gasteiger partial charge in [0.1, 0.15) is 34.3 Å². The Kier molecular flexibility index (Phi) is 45.1. The van der Waals surface area contributed by atoms with E-state index >= 15 is 0 Å². The molecule has 0 amide bonds. The third kappa shape index (κ3) is 23.1. The molecule has 0 saturated carbocycles. The van der Waals surface area contributed by atoms with Crippen LogP contribution in [0.25, 0.3) is 88.7 Å². The fourth-order valence-electron chi connectivity index (χ4n) is 12.9. The summed E-state index contributed by atoms with van der Waals surface area (Å²) >= 11 is 0. The molecule has 560 valence electrons. The Bertz CT molecular complexity index is 4650. The average molecular weight is 2590 g/mol. The molecule has 10 rings (SSSR count). The largest absolute Gasteiger partial charge is 0.654 e. The summed E-state index contributed by atoms with van der Waals surface area (Å²) in [5, 5.41) is 104. The summed E-state index contributed by atoms with van der Waals surface area (Å²) in [5.41, 5.74) is 17.0. The molecule has 30 heteroatoms. The van der Waals surface area contributed by atoms with Gasteiger partial charge < -0.3 is 80.0 Å². The molecule has 4 aliphatic rings. The Morgan fingerprint density at radius 3 is 1.03 bits per heavy atom. The zero-order valence-electron chi connectivity index (χ0n) is 61.8. The number of rotatable bonds is 26. The van der Waals surface area contributed by atoms with Crippen LogP contribution in [0.1, 0.15) is 186 Å². The number of fused-ring (bicyclic) bond motifs is 14. The Hall–Kier alpha value is -1.14. The van der Waals surface area contributed by atoms with Crippen molar-refractivity contribution >= 4 is 88.7 Å². The van der Waals surface area contributed by atoms with Gasteiger partial charge in [-0.15, -0.1) is 11.0 Å². The van der Waals surface area contributed by atoms with Gasteiger partial charge in [-0.3, -0.25) is 9.97 Å². The molecule has 2 aromatic carbocycles. The molecule has 0 fully saturated rings. The van der Waals surface area contributed by atoms with E-state index < -0.39 is 11.8 Å². The number of allylic oxidation sites excluding steroid dienone is 8. The van der Waals surface area contributed by atoms with Crippen LogP contribution in [0.2, 0.25) is 0 Å². The number of hydrogen-bond donors (Lipinski definition) is 10. The molecule has 106 heavy (non-hydrogen) atoms. The SMILES string of the molecule is CCC1=C(CC)c2cc3[n-]c(c(C)c3CCCO)c(O)c3nc(c(O)nc4cc(OC)c(OCCCO)cc4ncc1n2)C(C)=C3CCCO.CCC1=C(CC)c2cc3[n-]c(c(C)c3CCCO)c(O)c3nc(c(O)nc4cc(OCCCO)c(OC)cc4ncc1n2)C(C)=C3CCCO.[Ac].[Ac].[Ac].[Ac].[Gd].[Gd]. The molecule has 10 N–H and O–H groups in total. The molecule has 24 nitrogen and oxygen atoms in total. The Morgan fingerprint density at radius 1 is 0.368 bits per heavy atom. The van der Waals surface area contributed by atoms with Crippen LogP contribution in [0.3, 0.4) is 0 Å². The van der Waals surface area contributed by atoms with Gasteiger partial charge in [-0.2, -0.15) is 0 Å².